The molecule has 0 aliphatic rings. The molecule has 0 spiro atoms. The van der Waals surface area contributed by atoms with Gasteiger partial charge in [0.15, 0.2) is 0 Å². The molecule has 1 rings (SSSR count). The summed E-state index contributed by atoms with van der Waals surface area (Å²) in [4.78, 5) is 0.192. The summed E-state index contributed by atoms with van der Waals surface area (Å²) in [6.45, 7) is 1.78. The first-order chi connectivity index (χ1) is 3.29. The average Bonchev–Trinajstić information content (AvgIpc) is 1.87. The van der Waals surface area contributed by atoms with Gasteiger partial charge in [-0.2, -0.15) is 0 Å². The minimum absolute atomic E-state index is 0.192. The van der Waals surface area contributed by atoms with Gasteiger partial charge in [0, 0.05) is 12.2 Å². The predicted octanol–water partition coefficient (Wildman–Crippen LogP) is 1.91. The van der Waals surface area contributed by atoms with Gasteiger partial charge in [-0.3, -0.25) is 0 Å². The molecule has 38 valence electrons. The van der Waals surface area contributed by atoms with Gasteiger partial charge in [-0.1, -0.05) is 0 Å². The molecule has 0 atom stereocenters. The minimum Gasteiger partial charge on any atom is -0.422 e. The van der Waals surface area contributed by atoms with E-state index in [4.69, 9.17) is 4.42 Å². The molecule has 0 saturated heterocycles. The maximum Gasteiger partial charge on any atom is 0.362 e. The summed E-state index contributed by atoms with van der Waals surface area (Å²) in [5.74, 6) is 0.713. The Kier molecular flexibility index (Phi) is 0.982. The Balaban J connectivity index is 3.30. The number of hydrogen-bond acceptors (Lipinski definition) is 3. The van der Waals surface area contributed by atoms with Gasteiger partial charge in [0.1, 0.15) is 12.0 Å². The van der Waals surface area contributed by atoms with Crippen LogP contribution in [0.2, 0.25) is 0 Å². The molecular weight excluding hydrogens is 112 g/mol. The molecule has 0 amide bonds. The van der Waals surface area contributed by atoms with Crippen molar-refractivity contribution in [2.45, 2.75) is 6.92 Å². The molecule has 3 heteroatoms. The van der Waals surface area contributed by atoms with Crippen molar-refractivity contribution in [1.29, 1.82) is 0 Å². The SMILES string of the molecule is Cc1coc(=S)o1. The zero-order valence-corrected chi connectivity index (χ0v) is 4.62. The van der Waals surface area contributed by atoms with E-state index in [0.29, 0.717) is 5.76 Å². The molecule has 0 bridgehead atoms. The van der Waals surface area contributed by atoms with E-state index in [-0.39, 0.29) is 4.90 Å². The predicted molar refractivity (Wildman–Crippen MR) is 26.5 cm³/mol. The summed E-state index contributed by atoms with van der Waals surface area (Å²) >= 11 is 4.50. The van der Waals surface area contributed by atoms with Crippen LogP contribution in [0, 0.1) is 11.8 Å². The van der Waals surface area contributed by atoms with Crippen molar-refractivity contribution in [3.63, 3.8) is 0 Å². The van der Waals surface area contributed by atoms with Gasteiger partial charge < -0.3 is 8.83 Å². The van der Waals surface area contributed by atoms with E-state index in [1.165, 1.54) is 6.26 Å². The Bertz CT molecular complexity index is 197. The van der Waals surface area contributed by atoms with Gasteiger partial charge in [-0.15, -0.1) is 0 Å². The van der Waals surface area contributed by atoms with Gasteiger partial charge in [0.05, 0.1) is 0 Å². The van der Waals surface area contributed by atoms with E-state index < -0.39 is 0 Å². The Labute approximate surface area is 45.8 Å². The molecule has 0 aromatic carbocycles. The van der Waals surface area contributed by atoms with Gasteiger partial charge in [-0.05, 0) is 6.92 Å². The molecule has 7 heavy (non-hydrogen) atoms. The molecule has 0 unspecified atom stereocenters. The van der Waals surface area contributed by atoms with Crippen molar-refractivity contribution in [3.8, 4) is 0 Å². The summed E-state index contributed by atoms with van der Waals surface area (Å²) in [6, 6.07) is 0. The van der Waals surface area contributed by atoms with Crippen molar-refractivity contribution >= 4 is 12.2 Å². The third-order valence-electron chi connectivity index (χ3n) is 0.565. The fourth-order valence-electron chi connectivity index (χ4n) is 0.311. The maximum atomic E-state index is 4.73. The minimum atomic E-state index is 0.192. The molecule has 0 aliphatic carbocycles. The third kappa shape index (κ3) is 0.899. The van der Waals surface area contributed by atoms with Crippen LogP contribution in [0.15, 0.2) is 15.1 Å². The molecule has 0 fully saturated rings. The van der Waals surface area contributed by atoms with Crippen molar-refractivity contribution in [3.05, 3.63) is 16.9 Å². The second kappa shape index (κ2) is 1.50. The van der Waals surface area contributed by atoms with Gasteiger partial charge in [0.25, 0.3) is 0 Å². The highest BCUT2D eigenvalue weighted by atomic mass is 32.1. The molecule has 0 N–H and O–H groups in total. The van der Waals surface area contributed by atoms with Gasteiger partial charge >= 0.3 is 4.90 Å². The lowest BCUT2D eigenvalue weighted by Gasteiger charge is -1.64. The first kappa shape index (κ1) is 4.59. The number of hydrogen-bond donors (Lipinski definition) is 0. The van der Waals surface area contributed by atoms with Crippen LogP contribution in [0.4, 0.5) is 0 Å². The molecular formula is C4H4O2S. The lowest BCUT2D eigenvalue weighted by Crippen LogP contribution is -1.49. The standard InChI is InChI=1S/C4H4O2S/c1-3-2-5-4(7)6-3/h2H,1H3. The Morgan fingerprint density at radius 2 is 2.43 bits per heavy atom. The zero-order valence-electron chi connectivity index (χ0n) is 3.80. The lowest BCUT2D eigenvalue weighted by atomic mass is 10.6. The normalized spacial score (nSPS) is 9.29. The highest BCUT2D eigenvalue weighted by Gasteiger charge is 1.84. The number of rotatable bonds is 0. The largest absolute Gasteiger partial charge is 0.422 e. The van der Waals surface area contributed by atoms with E-state index in [1.54, 1.807) is 6.92 Å². The smallest absolute Gasteiger partial charge is 0.362 e. The van der Waals surface area contributed by atoms with Crippen LogP contribution in [-0.4, -0.2) is 0 Å². The lowest BCUT2D eigenvalue weighted by molar-refractivity contribution is 0.411. The summed E-state index contributed by atoms with van der Waals surface area (Å²) < 4.78 is 9.34. The highest BCUT2D eigenvalue weighted by molar-refractivity contribution is 7.71. The Morgan fingerprint density at radius 3 is 2.57 bits per heavy atom. The van der Waals surface area contributed by atoms with Crippen LogP contribution in [-0.2, 0) is 0 Å². The average molecular weight is 116 g/mol. The summed E-state index contributed by atoms with van der Waals surface area (Å²) in [6.07, 6.45) is 1.47. The summed E-state index contributed by atoms with van der Waals surface area (Å²) in [5, 5.41) is 0. The van der Waals surface area contributed by atoms with E-state index >= 15 is 0 Å². The molecule has 1 aromatic rings. The molecule has 0 saturated carbocycles. The molecule has 0 aliphatic heterocycles. The Morgan fingerprint density at radius 1 is 1.71 bits per heavy atom. The van der Waals surface area contributed by atoms with Gasteiger partial charge in [0.2, 0.25) is 0 Å². The molecule has 1 heterocycles. The van der Waals surface area contributed by atoms with E-state index in [0.717, 1.165) is 0 Å². The molecule has 2 nitrogen and oxygen atoms in total. The monoisotopic (exact) mass is 116 g/mol. The summed E-state index contributed by atoms with van der Waals surface area (Å²) in [5.41, 5.74) is 0. The van der Waals surface area contributed by atoms with Crippen LogP contribution in [0.25, 0.3) is 0 Å². The first-order valence-electron chi connectivity index (χ1n) is 1.84. The zero-order chi connectivity index (χ0) is 5.28. The van der Waals surface area contributed by atoms with Crippen LogP contribution < -0.4 is 0 Å². The van der Waals surface area contributed by atoms with Crippen LogP contribution in [0.3, 0.4) is 0 Å². The highest BCUT2D eigenvalue weighted by Crippen LogP contribution is 1.98. The second-order valence-corrected chi connectivity index (χ2v) is 1.53. The van der Waals surface area contributed by atoms with Crippen molar-refractivity contribution in [2.75, 3.05) is 0 Å². The fourth-order valence-corrected chi connectivity index (χ4v) is 0.490. The van der Waals surface area contributed by atoms with Crippen LogP contribution >= 0.6 is 12.2 Å². The fraction of sp³-hybridized carbons (Fsp3) is 0.250. The maximum absolute atomic E-state index is 4.73. The third-order valence-corrected chi connectivity index (χ3v) is 0.745. The van der Waals surface area contributed by atoms with Crippen molar-refractivity contribution in [1.82, 2.24) is 0 Å². The van der Waals surface area contributed by atoms with E-state index in [2.05, 4.69) is 16.6 Å². The quantitative estimate of drug-likeness (QED) is 0.484. The molecule has 0 radical (unpaired) electrons. The van der Waals surface area contributed by atoms with Crippen molar-refractivity contribution in [2.24, 2.45) is 0 Å². The van der Waals surface area contributed by atoms with Crippen molar-refractivity contribution < 1.29 is 8.83 Å². The van der Waals surface area contributed by atoms with Crippen LogP contribution in [0.5, 0.6) is 0 Å². The van der Waals surface area contributed by atoms with E-state index in [9.17, 15) is 0 Å². The first-order valence-corrected chi connectivity index (χ1v) is 2.25. The van der Waals surface area contributed by atoms with Crippen LogP contribution in [0.1, 0.15) is 5.76 Å². The Hall–Kier alpha value is -0.570. The molecule has 1 aromatic heterocycles. The topological polar surface area (TPSA) is 26.3 Å². The van der Waals surface area contributed by atoms with Gasteiger partial charge in [-0.25, -0.2) is 0 Å². The van der Waals surface area contributed by atoms with E-state index in [1.807, 2.05) is 0 Å². The number of aryl methyl sites for hydroxylation is 1. The summed E-state index contributed by atoms with van der Waals surface area (Å²) in [7, 11) is 0. The second-order valence-electron chi connectivity index (χ2n) is 1.20.